The van der Waals surface area contributed by atoms with Gasteiger partial charge in [0, 0.05) is 24.9 Å². The van der Waals surface area contributed by atoms with E-state index in [2.05, 4.69) is 5.32 Å². The first-order chi connectivity index (χ1) is 6.32. The lowest BCUT2D eigenvalue weighted by atomic mass is 9.86. The van der Waals surface area contributed by atoms with E-state index in [0.29, 0.717) is 0 Å². The summed E-state index contributed by atoms with van der Waals surface area (Å²) in [5, 5.41) is 12.6. The molecular formula is C9H14F3NO. The van der Waals surface area contributed by atoms with Crippen molar-refractivity contribution >= 4 is 0 Å². The molecule has 14 heavy (non-hydrogen) atoms. The Hall–Kier alpha value is -0.290. The van der Waals surface area contributed by atoms with Crippen molar-refractivity contribution in [3.63, 3.8) is 0 Å². The van der Waals surface area contributed by atoms with Crippen LogP contribution in [0, 0.1) is 5.92 Å². The number of fused-ring (bicyclic) bond motifs is 2. The highest BCUT2D eigenvalue weighted by molar-refractivity contribution is 5.05. The van der Waals surface area contributed by atoms with E-state index in [0.717, 1.165) is 6.42 Å². The Labute approximate surface area is 80.5 Å². The molecule has 0 aromatic carbocycles. The van der Waals surface area contributed by atoms with Crippen molar-refractivity contribution in [2.75, 3.05) is 0 Å². The Bertz CT molecular complexity index is 241. The van der Waals surface area contributed by atoms with Crippen LogP contribution in [0.1, 0.15) is 26.2 Å². The number of nitrogens with one attached hydrogen (secondary N) is 1. The Morgan fingerprint density at radius 2 is 2.00 bits per heavy atom. The quantitative estimate of drug-likeness (QED) is 0.632. The van der Waals surface area contributed by atoms with Crippen molar-refractivity contribution in [2.45, 2.75) is 50.0 Å². The smallest absolute Gasteiger partial charge is 0.380 e. The van der Waals surface area contributed by atoms with Gasteiger partial charge in [-0.1, -0.05) is 6.92 Å². The minimum Gasteiger partial charge on any atom is -0.380 e. The fraction of sp³-hybridized carbons (Fsp3) is 1.00. The summed E-state index contributed by atoms with van der Waals surface area (Å²) in [6.07, 6.45) is -4.15. The molecule has 0 amide bonds. The molecule has 0 aromatic heterocycles. The van der Waals surface area contributed by atoms with Crippen molar-refractivity contribution in [1.82, 2.24) is 5.32 Å². The molecule has 2 rings (SSSR count). The Balaban J connectivity index is 2.19. The molecule has 0 spiro atoms. The van der Waals surface area contributed by atoms with Gasteiger partial charge in [0.1, 0.15) is 0 Å². The highest BCUT2D eigenvalue weighted by atomic mass is 19.4. The first kappa shape index (κ1) is 10.2. The summed E-state index contributed by atoms with van der Waals surface area (Å²) in [6.45, 7) is 1.93. The van der Waals surface area contributed by atoms with Crippen LogP contribution in [0.2, 0.25) is 0 Å². The lowest BCUT2D eigenvalue weighted by Crippen LogP contribution is -2.56. The van der Waals surface area contributed by atoms with E-state index in [1.165, 1.54) is 0 Å². The van der Waals surface area contributed by atoms with E-state index in [9.17, 15) is 18.3 Å². The summed E-state index contributed by atoms with van der Waals surface area (Å²) < 4.78 is 37.6. The second kappa shape index (κ2) is 2.85. The van der Waals surface area contributed by atoms with Gasteiger partial charge in [0.15, 0.2) is 5.60 Å². The van der Waals surface area contributed by atoms with Crippen molar-refractivity contribution in [3.05, 3.63) is 0 Å². The number of aliphatic hydroxyl groups is 1. The van der Waals surface area contributed by atoms with E-state index in [1.807, 2.05) is 6.92 Å². The molecule has 0 aromatic rings. The van der Waals surface area contributed by atoms with Crippen LogP contribution in [-0.2, 0) is 0 Å². The third-order valence-corrected chi connectivity index (χ3v) is 3.46. The average molecular weight is 209 g/mol. The molecule has 0 radical (unpaired) electrons. The van der Waals surface area contributed by atoms with Gasteiger partial charge < -0.3 is 10.4 Å². The van der Waals surface area contributed by atoms with Gasteiger partial charge in [-0.05, 0) is 12.3 Å². The van der Waals surface area contributed by atoms with Crippen LogP contribution in [-0.4, -0.2) is 29.0 Å². The van der Waals surface area contributed by atoms with Gasteiger partial charge in [0.2, 0.25) is 0 Å². The molecule has 2 aliphatic rings. The Morgan fingerprint density at radius 1 is 1.36 bits per heavy atom. The fourth-order valence-electron chi connectivity index (χ4n) is 2.64. The van der Waals surface area contributed by atoms with Crippen molar-refractivity contribution in [3.8, 4) is 0 Å². The van der Waals surface area contributed by atoms with E-state index in [4.69, 9.17) is 0 Å². The van der Waals surface area contributed by atoms with Crippen LogP contribution < -0.4 is 5.32 Å². The number of halogens is 3. The van der Waals surface area contributed by atoms with Gasteiger partial charge in [0.05, 0.1) is 0 Å². The van der Waals surface area contributed by atoms with Crippen molar-refractivity contribution in [2.24, 2.45) is 5.92 Å². The first-order valence-corrected chi connectivity index (χ1v) is 4.87. The number of rotatable bonds is 0. The van der Waals surface area contributed by atoms with Gasteiger partial charge in [-0.2, -0.15) is 13.2 Å². The first-order valence-electron chi connectivity index (χ1n) is 4.87. The molecule has 2 fully saturated rings. The minimum absolute atomic E-state index is 0.171. The molecule has 5 heteroatoms. The molecule has 4 atom stereocenters. The third kappa shape index (κ3) is 1.42. The van der Waals surface area contributed by atoms with Crippen LogP contribution in [0.15, 0.2) is 0 Å². The summed E-state index contributed by atoms with van der Waals surface area (Å²) in [7, 11) is 0. The zero-order valence-corrected chi connectivity index (χ0v) is 7.93. The topological polar surface area (TPSA) is 32.3 Å². The van der Waals surface area contributed by atoms with Crippen LogP contribution in [0.5, 0.6) is 0 Å². The Morgan fingerprint density at radius 3 is 2.50 bits per heavy atom. The highest BCUT2D eigenvalue weighted by Crippen LogP contribution is 2.45. The SMILES string of the molecule is C[C@H]1CC2C[C@@](O)(C(F)(F)F)C[C@@H]1N2. The number of piperidine rings is 1. The van der Waals surface area contributed by atoms with E-state index in [1.54, 1.807) is 0 Å². The van der Waals surface area contributed by atoms with Crippen LogP contribution >= 0.6 is 0 Å². The maximum absolute atomic E-state index is 12.5. The fourth-order valence-corrected chi connectivity index (χ4v) is 2.64. The van der Waals surface area contributed by atoms with E-state index >= 15 is 0 Å². The molecular weight excluding hydrogens is 195 g/mol. The molecule has 2 bridgehead atoms. The van der Waals surface area contributed by atoms with Gasteiger partial charge in [-0.15, -0.1) is 0 Å². The summed E-state index contributed by atoms with van der Waals surface area (Å²) in [5.41, 5.74) is -2.46. The maximum Gasteiger partial charge on any atom is 0.417 e. The molecule has 2 saturated heterocycles. The van der Waals surface area contributed by atoms with E-state index in [-0.39, 0.29) is 30.8 Å². The second-order valence-electron chi connectivity index (χ2n) is 4.62. The van der Waals surface area contributed by atoms with Crippen molar-refractivity contribution < 1.29 is 18.3 Å². The molecule has 2 N–H and O–H groups in total. The van der Waals surface area contributed by atoms with Crippen LogP contribution in [0.25, 0.3) is 0 Å². The van der Waals surface area contributed by atoms with Gasteiger partial charge in [-0.25, -0.2) is 0 Å². The maximum atomic E-state index is 12.5. The zero-order chi connectivity index (χ0) is 10.6. The predicted octanol–water partition coefficient (Wildman–Crippen LogP) is 1.44. The lowest BCUT2D eigenvalue weighted by Gasteiger charge is -2.38. The van der Waals surface area contributed by atoms with Gasteiger partial charge in [0.25, 0.3) is 0 Å². The largest absolute Gasteiger partial charge is 0.417 e. The van der Waals surface area contributed by atoms with Crippen LogP contribution in [0.4, 0.5) is 13.2 Å². The van der Waals surface area contributed by atoms with Crippen LogP contribution in [0.3, 0.4) is 0 Å². The monoisotopic (exact) mass is 209 g/mol. The molecule has 82 valence electrons. The molecule has 2 heterocycles. The minimum atomic E-state index is -4.49. The molecule has 1 unspecified atom stereocenters. The highest BCUT2D eigenvalue weighted by Gasteiger charge is 2.59. The zero-order valence-electron chi connectivity index (χ0n) is 7.93. The molecule has 0 saturated carbocycles. The summed E-state index contributed by atoms with van der Waals surface area (Å²) >= 11 is 0. The van der Waals surface area contributed by atoms with Gasteiger partial charge in [-0.3, -0.25) is 0 Å². The van der Waals surface area contributed by atoms with Gasteiger partial charge >= 0.3 is 6.18 Å². The normalized spacial score (nSPS) is 48.2. The average Bonchev–Trinajstić information content (AvgIpc) is 2.24. The number of hydrogen-bond acceptors (Lipinski definition) is 2. The molecule has 0 aliphatic carbocycles. The van der Waals surface area contributed by atoms with Crippen molar-refractivity contribution in [1.29, 1.82) is 0 Å². The third-order valence-electron chi connectivity index (χ3n) is 3.46. The Kier molecular flexibility index (Phi) is 2.09. The lowest BCUT2D eigenvalue weighted by molar-refractivity contribution is -0.272. The van der Waals surface area contributed by atoms with E-state index < -0.39 is 11.8 Å². The molecule has 2 nitrogen and oxygen atoms in total. The number of hydrogen-bond donors (Lipinski definition) is 2. The standard InChI is InChI=1S/C9H14F3NO/c1-5-2-6-3-8(14,9(10,11)12)4-7(5)13-6/h5-7,13-14H,2-4H2,1H3/t5-,6?,7-,8-/m0/s1. The predicted molar refractivity (Wildman–Crippen MR) is 44.7 cm³/mol. The molecule has 2 aliphatic heterocycles. The number of alkyl halides is 3. The summed E-state index contributed by atoms with van der Waals surface area (Å²) in [5.74, 6) is 0.233. The summed E-state index contributed by atoms with van der Waals surface area (Å²) in [4.78, 5) is 0. The second-order valence-corrected chi connectivity index (χ2v) is 4.62. The summed E-state index contributed by atoms with van der Waals surface area (Å²) in [6, 6.07) is -0.351.